The maximum atomic E-state index is 11.2. The lowest BCUT2D eigenvalue weighted by molar-refractivity contribution is -0.121. The monoisotopic (exact) mass is 228 g/mol. The summed E-state index contributed by atoms with van der Waals surface area (Å²) in [5.74, 6) is 1.07. The molecule has 1 fully saturated rings. The van der Waals surface area contributed by atoms with Gasteiger partial charge in [-0.05, 0) is 31.1 Å². The minimum atomic E-state index is -0.356. The Labute approximate surface area is 97.9 Å². The van der Waals surface area contributed by atoms with Crippen LogP contribution in [0.1, 0.15) is 33.1 Å². The molecule has 4 unspecified atom stereocenters. The van der Waals surface area contributed by atoms with E-state index in [1.165, 1.54) is 12.8 Å². The SMILES string of the molecule is COCC(NC1CCC(C)CC1C)C(N)=O. The number of carbonyl (C=O) groups excluding carboxylic acids is 1. The summed E-state index contributed by atoms with van der Waals surface area (Å²) >= 11 is 0. The topological polar surface area (TPSA) is 64.3 Å². The van der Waals surface area contributed by atoms with Gasteiger partial charge in [0.1, 0.15) is 6.04 Å². The van der Waals surface area contributed by atoms with Crippen LogP contribution < -0.4 is 11.1 Å². The van der Waals surface area contributed by atoms with E-state index in [1.807, 2.05) is 0 Å². The van der Waals surface area contributed by atoms with Crippen molar-refractivity contribution in [1.29, 1.82) is 0 Å². The smallest absolute Gasteiger partial charge is 0.236 e. The summed E-state index contributed by atoms with van der Waals surface area (Å²) in [6, 6.07) is 0.0368. The number of amides is 1. The van der Waals surface area contributed by atoms with Crippen LogP contribution in [-0.2, 0) is 9.53 Å². The highest BCUT2D eigenvalue weighted by Crippen LogP contribution is 2.28. The lowest BCUT2D eigenvalue weighted by Gasteiger charge is -2.35. The van der Waals surface area contributed by atoms with Crippen molar-refractivity contribution in [1.82, 2.24) is 5.32 Å². The van der Waals surface area contributed by atoms with Gasteiger partial charge in [-0.3, -0.25) is 4.79 Å². The zero-order valence-electron chi connectivity index (χ0n) is 10.5. The van der Waals surface area contributed by atoms with E-state index in [0.29, 0.717) is 18.6 Å². The number of nitrogens with two attached hydrogens (primary N) is 1. The summed E-state index contributed by atoms with van der Waals surface area (Å²) in [5.41, 5.74) is 5.33. The van der Waals surface area contributed by atoms with Gasteiger partial charge in [0.25, 0.3) is 0 Å². The van der Waals surface area contributed by atoms with Gasteiger partial charge >= 0.3 is 0 Å². The summed E-state index contributed by atoms with van der Waals surface area (Å²) in [4.78, 5) is 11.2. The van der Waals surface area contributed by atoms with E-state index in [1.54, 1.807) is 7.11 Å². The molecule has 0 aromatic carbocycles. The minimum absolute atomic E-state index is 0.326. The molecule has 0 bridgehead atoms. The van der Waals surface area contributed by atoms with Gasteiger partial charge in [0.15, 0.2) is 0 Å². The van der Waals surface area contributed by atoms with Gasteiger partial charge in [0, 0.05) is 13.2 Å². The van der Waals surface area contributed by atoms with Gasteiger partial charge < -0.3 is 15.8 Å². The highest BCUT2D eigenvalue weighted by atomic mass is 16.5. The van der Waals surface area contributed by atoms with E-state index in [4.69, 9.17) is 10.5 Å². The maximum Gasteiger partial charge on any atom is 0.236 e. The third-order valence-electron chi connectivity index (χ3n) is 3.52. The molecule has 1 rings (SSSR count). The van der Waals surface area contributed by atoms with Crippen LogP contribution in [0.15, 0.2) is 0 Å². The second-order valence-corrected chi connectivity index (χ2v) is 5.08. The zero-order valence-corrected chi connectivity index (χ0v) is 10.5. The fourth-order valence-electron chi connectivity index (χ4n) is 2.55. The van der Waals surface area contributed by atoms with E-state index in [0.717, 1.165) is 12.3 Å². The maximum absolute atomic E-state index is 11.2. The first-order chi connectivity index (χ1) is 7.54. The van der Waals surface area contributed by atoms with Crippen LogP contribution in [0.3, 0.4) is 0 Å². The number of nitrogens with one attached hydrogen (secondary N) is 1. The second kappa shape index (κ2) is 6.21. The number of hydrogen-bond acceptors (Lipinski definition) is 3. The second-order valence-electron chi connectivity index (χ2n) is 5.08. The van der Waals surface area contributed by atoms with Crippen LogP contribution in [0.25, 0.3) is 0 Å². The Balaban J connectivity index is 2.47. The van der Waals surface area contributed by atoms with Crippen LogP contribution in [0.2, 0.25) is 0 Å². The highest BCUT2D eigenvalue weighted by Gasteiger charge is 2.28. The Morgan fingerprint density at radius 1 is 1.50 bits per heavy atom. The van der Waals surface area contributed by atoms with Crippen molar-refractivity contribution in [3.8, 4) is 0 Å². The summed E-state index contributed by atoms with van der Waals surface area (Å²) in [7, 11) is 1.59. The molecule has 16 heavy (non-hydrogen) atoms. The lowest BCUT2D eigenvalue weighted by atomic mass is 9.79. The predicted octanol–water partition coefficient (Wildman–Crippen LogP) is 0.901. The number of carbonyl (C=O) groups is 1. The molecule has 4 atom stereocenters. The number of rotatable bonds is 5. The average molecular weight is 228 g/mol. The van der Waals surface area contributed by atoms with Crippen molar-refractivity contribution >= 4 is 5.91 Å². The number of hydrogen-bond donors (Lipinski definition) is 2. The van der Waals surface area contributed by atoms with E-state index >= 15 is 0 Å². The molecule has 1 aliphatic rings. The zero-order chi connectivity index (χ0) is 12.1. The van der Waals surface area contributed by atoms with Crippen LogP contribution in [0.4, 0.5) is 0 Å². The highest BCUT2D eigenvalue weighted by molar-refractivity contribution is 5.80. The molecule has 0 spiro atoms. The van der Waals surface area contributed by atoms with Gasteiger partial charge in [-0.2, -0.15) is 0 Å². The molecule has 4 heteroatoms. The third kappa shape index (κ3) is 3.76. The van der Waals surface area contributed by atoms with Crippen LogP contribution >= 0.6 is 0 Å². The Hall–Kier alpha value is -0.610. The Morgan fingerprint density at radius 3 is 2.69 bits per heavy atom. The average Bonchev–Trinajstić information content (AvgIpc) is 2.20. The Morgan fingerprint density at radius 2 is 2.19 bits per heavy atom. The van der Waals surface area contributed by atoms with Gasteiger partial charge in [-0.1, -0.05) is 13.8 Å². The van der Waals surface area contributed by atoms with Gasteiger partial charge in [-0.15, -0.1) is 0 Å². The number of ether oxygens (including phenoxy) is 1. The molecule has 0 aromatic heterocycles. The third-order valence-corrected chi connectivity index (χ3v) is 3.52. The molecular formula is C12H24N2O2. The molecule has 0 radical (unpaired) electrons. The number of primary amides is 1. The van der Waals surface area contributed by atoms with E-state index in [2.05, 4.69) is 19.2 Å². The number of methoxy groups -OCH3 is 1. The van der Waals surface area contributed by atoms with Crippen LogP contribution in [0.5, 0.6) is 0 Å². The first kappa shape index (κ1) is 13.5. The minimum Gasteiger partial charge on any atom is -0.383 e. The van der Waals surface area contributed by atoms with Crippen LogP contribution in [-0.4, -0.2) is 31.7 Å². The standard InChI is InChI=1S/C12H24N2O2/c1-8-4-5-10(9(2)6-8)14-11(7-16-3)12(13)15/h8-11,14H,4-7H2,1-3H3,(H2,13,15). The quantitative estimate of drug-likeness (QED) is 0.735. The molecular weight excluding hydrogens is 204 g/mol. The molecule has 0 aliphatic heterocycles. The van der Waals surface area contributed by atoms with E-state index in [9.17, 15) is 4.79 Å². The van der Waals surface area contributed by atoms with Crippen molar-refractivity contribution < 1.29 is 9.53 Å². The fraction of sp³-hybridized carbons (Fsp3) is 0.917. The molecule has 1 saturated carbocycles. The van der Waals surface area contributed by atoms with Gasteiger partial charge in [0.2, 0.25) is 5.91 Å². The van der Waals surface area contributed by atoms with E-state index in [-0.39, 0.29) is 11.9 Å². The van der Waals surface area contributed by atoms with Gasteiger partial charge in [0.05, 0.1) is 6.61 Å². The fourth-order valence-corrected chi connectivity index (χ4v) is 2.55. The van der Waals surface area contributed by atoms with Crippen molar-refractivity contribution in [2.24, 2.45) is 17.6 Å². The van der Waals surface area contributed by atoms with Crippen molar-refractivity contribution in [3.05, 3.63) is 0 Å². The van der Waals surface area contributed by atoms with Gasteiger partial charge in [-0.25, -0.2) is 0 Å². The molecule has 94 valence electrons. The first-order valence-electron chi connectivity index (χ1n) is 6.09. The molecule has 0 heterocycles. The predicted molar refractivity (Wildman–Crippen MR) is 64.0 cm³/mol. The van der Waals surface area contributed by atoms with E-state index < -0.39 is 0 Å². The summed E-state index contributed by atoms with van der Waals surface area (Å²) < 4.78 is 5.00. The summed E-state index contributed by atoms with van der Waals surface area (Å²) in [6.45, 7) is 4.87. The summed E-state index contributed by atoms with van der Waals surface area (Å²) in [5, 5.41) is 3.33. The summed E-state index contributed by atoms with van der Waals surface area (Å²) in [6.07, 6.45) is 3.56. The molecule has 0 aromatic rings. The molecule has 4 nitrogen and oxygen atoms in total. The van der Waals surface area contributed by atoms with Crippen molar-refractivity contribution in [2.75, 3.05) is 13.7 Å². The first-order valence-corrected chi connectivity index (χ1v) is 6.09. The molecule has 0 saturated heterocycles. The van der Waals surface area contributed by atoms with Crippen molar-refractivity contribution in [3.63, 3.8) is 0 Å². The molecule has 1 aliphatic carbocycles. The Bertz CT molecular complexity index is 233. The van der Waals surface area contributed by atoms with Crippen molar-refractivity contribution in [2.45, 2.75) is 45.2 Å². The van der Waals surface area contributed by atoms with Crippen LogP contribution in [0, 0.1) is 11.8 Å². The normalized spacial score (nSPS) is 32.3. The largest absolute Gasteiger partial charge is 0.383 e. The molecule has 1 amide bonds. The lowest BCUT2D eigenvalue weighted by Crippen LogP contribution is -2.52. The molecule has 3 N–H and O–H groups in total. The Kier molecular flexibility index (Phi) is 5.22.